The smallest absolute Gasteiger partial charge is 0.179 e. The van der Waals surface area contributed by atoms with Crippen LogP contribution in [0.15, 0.2) is 82.5 Å². The van der Waals surface area contributed by atoms with Gasteiger partial charge in [-0.05, 0) is 74.3 Å². The van der Waals surface area contributed by atoms with E-state index in [9.17, 15) is 4.79 Å². The van der Waals surface area contributed by atoms with Gasteiger partial charge in [-0.15, -0.1) is 0 Å². The second kappa shape index (κ2) is 3.99. The average Bonchev–Trinajstić information content (AvgIpc) is 3.05. The van der Waals surface area contributed by atoms with E-state index in [-0.39, 0.29) is 11.2 Å². The van der Waals surface area contributed by atoms with Gasteiger partial charge in [-0.3, -0.25) is 4.79 Å². The highest BCUT2D eigenvalue weighted by Gasteiger charge is 2.41. The quantitative estimate of drug-likeness (QED) is 0.719. The minimum atomic E-state index is -0.113. The molecule has 0 aliphatic heterocycles. The summed E-state index contributed by atoms with van der Waals surface area (Å²) in [5.74, 6) is 0.0832. The van der Waals surface area contributed by atoms with Crippen LogP contribution in [0.1, 0.15) is 13.8 Å². The fourth-order valence-corrected chi connectivity index (χ4v) is 4.43. The van der Waals surface area contributed by atoms with Crippen molar-refractivity contribution in [2.45, 2.75) is 13.8 Å². The maximum absolute atomic E-state index is 11.9. The lowest BCUT2D eigenvalue weighted by molar-refractivity contribution is -0.110. The van der Waals surface area contributed by atoms with Gasteiger partial charge in [0.15, 0.2) is 5.78 Å². The van der Waals surface area contributed by atoms with E-state index in [2.05, 4.69) is 56.3 Å². The summed E-state index contributed by atoms with van der Waals surface area (Å²) in [6, 6.07) is 8.58. The first kappa shape index (κ1) is 12.8. The van der Waals surface area contributed by atoms with Crippen LogP contribution in [0.5, 0.6) is 0 Å². The number of carbonyl (C=O) groups is 1. The first-order valence-electron chi connectivity index (χ1n) is 8.00. The van der Waals surface area contributed by atoms with Crippen molar-refractivity contribution in [2.24, 2.45) is 5.41 Å². The van der Waals surface area contributed by atoms with Crippen molar-refractivity contribution >= 4 is 17.4 Å². The number of hydrogen-bond donors (Lipinski definition) is 0. The maximum atomic E-state index is 11.9. The third kappa shape index (κ3) is 1.54. The van der Waals surface area contributed by atoms with E-state index in [1.807, 2.05) is 6.08 Å². The van der Waals surface area contributed by atoms with Gasteiger partial charge in [-0.2, -0.15) is 0 Å². The van der Waals surface area contributed by atoms with Crippen molar-refractivity contribution in [1.82, 2.24) is 0 Å². The van der Waals surface area contributed by atoms with Gasteiger partial charge in [0.1, 0.15) is 0 Å². The fraction of sp³-hybridized carbons (Fsp3) is 0.136. The third-order valence-electron chi connectivity index (χ3n) is 5.28. The van der Waals surface area contributed by atoms with E-state index in [1.165, 1.54) is 32.7 Å². The number of fused-ring (bicyclic) bond motifs is 4. The van der Waals surface area contributed by atoms with E-state index in [0.717, 1.165) is 11.1 Å². The van der Waals surface area contributed by atoms with Gasteiger partial charge in [-0.25, -0.2) is 0 Å². The molecule has 0 aromatic heterocycles. The Morgan fingerprint density at radius 3 is 2.48 bits per heavy atom. The van der Waals surface area contributed by atoms with Crippen LogP contribution in [-0.2, 0) is 4.79 Å². The predicted molar refractivity (Wildman–Crippen MR) is 92.8 cm³/mol. The summed E-state index contributed by atoms with van der Waals surface area (Å²) in [4.78, 5) is 11.9. The monoisotopic (exact) mass is 296 g/mol. The Kier molecular flexibility index (Phi) is 2.23. The second-order valence-corrected chi connectivity index (χ2v) is 7.06. The maximum Gasteiger partial charge on any atom is 0.179 e. The summed E-state index contributed by atoms with van der Waals surface area (Å²) in [6.45, 7) is 4.56. The topological polar surface area (TPSA) is 17.1 Å². The minimum absolute atomic E-state index is 0.0832. The lowest BCUT2D eigenvalue weighted by Crippen LogP contribution is -2.30. The zero-order valence-electron chi connectivity index (χ0n) is 13.2. The van der Waals surface area contributed by atoms with E-state index in [4.69, 9.17) is 0 Å². The van der Waals surface area contributed by atoms with E-state index in [1.54, 1.807) is 12.2 Å². The molecule has 0 unspecified atom stereocenters. The van der Waals surface area contributed by atoms with Gasteiger partial charge in [-0.1, -0.05) is 44.2 Å². The Morgan fingerprint density at radius 1 is 0.826 bits per heavy atom. The lowest BCUT2D eigenvalue weighted by atomic mass is 9.68. The number of ketones is 1. The highest BCUT2D eigenvalue weighted by molar-refractivity contribution is 6.05. The Labute approximate surface area is 135 Å². The molecule has 0 N–H and O–H groups in total. The van der Waals surface area contributed by atoms with Crippen LogP contribution in [0.3, 0.4) is 0 Å². The van der Waals surface area contributed by atoms with Gasteiger partial charge < -0.3 is 0 Å². The molecule has 110 valence electrons. The summed E-state index contributed by atoms with van der Waals surface area (Å²) < 4.78 is 0. The molecule has 0 heterocycles. The van der Waals surface area contributed by atoms with Gasteiger partial charge >= 0.3 is 0 Å². The zero-order valence-corrected chi connectivity index (χ0v) is 13.2. The standard InChI is InChI=1S/C22H16O/c1-22(2)20-15(9-13-5-3-4-6-18(13)20)11-16-10-14-7-8-17(23)12-19(14)21(16)22/h3-12H,1-2H3. The molecular weight excluding hydrogens is 280 g/mol. The number of benzene rings is 1. The molecule has 1 heteroatoms. The highest BCUT2D eigenvalue weighted by Crippen LogP contribution is 2.53. The summed E-state index contributed by atoms with van der Waals surface area (Å²) >= 11 is 0. The molecule has 0 radical (unpaired) electrons. The van der Waals surface area contributed by atoms with Crippen molar-refractivity contribution in [2.75, 3.05) is 0 Å². The Balaban J connectivity index is 1.84. The minimum Gasteiger partial charge on any atom is -0.290 e. The van der Waals surface area contributed by atoms with E-state index in [0.29, 0.717) is 0 Å². The summed E-state index contributed by atoms with van der Waals surface area (Å²) in [7, 11) is 0. The van der Waals surface area contributed by atoms with Crippen molar-refractivity contribution in [1.29, 1.82) is 0 Å². The molecule has 0 saturated heterocycles. The molecule has 4 aliphatic carbocycles. The van der Waals surface area contributed by atoms with Gasteiger partial charge in [0, 0.05) is 5.41 Å². The molecule has 1 nitrogen and oxygen atoms in total. The molecule has 5 rings (SSSR count). The second-order valence-electron chi connectivity index (χ2n) is 7.06. The lowest BCUT2D eigenvalue weighted by Gasteiger charge is -2.35. The SMILES string of the molecule is CC1(C)C2=C(C=C3C=CC(=O)C=C32)C=C2C=c3ccccc3=C21. The van der Waals surface area contributed by atoms with Crippen molar-refractivity contribution in [3.63, 3.8) is 0 Å². The molecular formula is C22H16O. The summed E-state index contributed by atoms with van der Waals surface area (Å²) in [5.41, 5.74) is 7.37. The van der Waals surface area contributed by atoms with Crippen LogP contribution < -0.4 is 10.4 Å². The molecule has 0 saturated carbocycles. The first-order valence-corrected chi connectivity index (χ1v) is 8.00. The van der Waals surface area contributed by atoms with Gasteiger partial charge in [0.05, 0.1) is 0 Å². The van der Waals surface area contributed by atoms with Crippen LogP contribution in [0.4, 0.5) is 0 Å². The molecule has 1 aromatic rings. The predicted octanol–water partition coefficient (Wildman–Crippen LogP) is 2.90. The highest BCUT2D eigenvalue weighted by atomic mass is 16.1. The van der Waals surface area contributed by atoms with Crippen LogP contribution >= 0.6 is 0 Å². The van der Waals surface area contributed by atoms with Crippen molar-refractivity contribution in [3.8, 4) is 0 Å². The summed E-state index contributed by atoms with van der Waals surface area (Å²) in [5, 5.41) is 2.61. The van der Waals surface area contributed by atoms with Gasteiger partial charge in [0.25, 0.3) is 0 Å². The fourth-order valence-electron chi connectivity index (χ4n) is 4.43. The van der Waals surface area contributed by atoms with Crippen molar-refractivity contribution in [3.05, 3.63) is 92.9 Å². The molecule has 23 heavy (non-hydrogen) atoms. The van der Waals surface area contributed by atoms with Crippen LogP contribution in [-0.4, -0.2) is 5.78 Å². The Hall–Kier alpha value is -2.67. The molecule has 0 bridgehead atoms. The molecule has 1 aromatic carbocycles. The molecule has 4 aliphatic rings. The first-order chi connectivity index (χ1) is 11.1. The largest absolute Gasteiger partial charge is 0.290 e. The van der Waals surface area contributed by atoms with Crippen LogP contribution in [0.25, 0.3) is 11.6 Å². The number of allylic oxidation sites excluding steroid dienone is 10. The van der Waals surface area contributed by atoms with E-state index < -0.39 is 0 Å². The number of hydrogen-bond acceptors (Lipinski definition) is 1. The number of carbonyl (C=O) groups excluding carboxylic acids is 1. The van der Waals surface area contributed by atoms with Crippen molar-refractivity contribution < 1.29 is 4.79 Å². The molecule has 0 amide bonds. The van der Waals surface area contributed by atoms with Gasteiger partial charge in [0.2, 0.25) is 0 Å². The average molecular weight is 296 g/mol. The number of rotatable bonds is 0. The van der Waals surface area contributed by atoms with Crippen LogP contribution in [0, 0.1) is 5.41 Å². The van der Waals surface area contributed by atoms with E-state index >= 15 is 0 Å². The van der Waals surface area contributed by atoms with Crippen LogP contribution in [0.2, 0.25) is 0 Å². The zero-order chi connectivity index (χ0) is 15.8. The molecule has 0 spiro atoms. The Bertz CT molecular complexity index is 1080. The molecule has 0 fully saturated rings. The third-order valence-corrected chi connectivity index (χ3v) is 5.28. The molecule has 0 atom stereocenters. The Morgan fingerprint density at radius 2 is 1.61 bits per heavy atom. The normalized spacial score (nSPS) is 22.6. The summed E-state index contributed by atoms with van der Waals surface area (Å²) in [6.07, 6.45) is 12.2.